The van der Waals surface area contributed by atoms with Gasteiger partial charge in [0.15, 0.2) is 6.54 Å². The van der Waals surface area contributed by atoms with Crippen molar-refractivity contribution < 1.29 is 18.8 Å². The number of esters is 1. The first-order valence-electron chi connectivity index (χ1n) is 9.29. The molecule has 2 saturated carbocycles. The predicted octanol–water partition coefficient (Wildman–Crippen LogP) is 2.35. The van der Waals surface area contributed by atoms with E-state index in [-0.39, 0.29) is 17.3 Å². The van der Waals surface area contributed by atoms with Crippen molar-refractivity contribution in [2.45, 2.75) is 59.4 Å². The van der Waals surface area contributed by atoms with E-state index in [0.717, 1.165) is 12.3 Å². The fourth-order valence-corrected chi connectivity index (χ4v) is 4.73. The zero-order valence-electron chi connectivity index (χ0n) is 16.3. The molecule has 2 aliphatic carbocycles. The molecule has 2 aliphatic rings. The topological polar surface area (TPSA) is 55.4 Å². The average Bonchev–Trinajstić information content (AvgIpc) is 2.78. The van der Waals surface area contributed by atoms with Crippen LogP contribution in [-0.4, -0.2) is 56.2 Å². The van der Waals surface area contributed by atoms with Crippen LogP contribution in [-0.2, 0) is 14.3 Å². The third kappa shape index (κ3) is 3.61. The Morgan fingerprint density at radius 2 is 1.92 bits per heavy atom. The molecule has 3 unspecified atom stereocenters. The number of hydrogen-bond donors (Lipinski definition) is 1. The predicted molar refractivity (Wildman–Crippen MR) is 94.3 cm³/mol. The number of carbonyl (C=O) groups is 2. The first kappa shape index (κ1) is 19.2. The Hall–Kier alpha value is -1.10. The number of nitrogens with one attached hydrogen (secondary N) is 1. The van der Waals surface area contributed by atoms with E-state index >= 15 is 0 Å². The van der Waals surface area contributed by atoms with Crippen LogP contribution in [0.4, 0.5) is 0 Å². The van der Waals surface area contributed by atoms with E-state index < -0.39 is 0 Å². The molecule has 5 nitrogen and oxygen atoms in total. The molecule has 1 amide bonds. The van der Waals surface area contributed by atoms with Crippen LogP contribution in [0.25, 0.3) is 0 Å². The quantitative estimate of drug-likeness (QED) is 0.572. The van der Waals surface area contributed by atoms with Gasteiger partial charge in [-0.15, -0.1) is 0 Å². The molecule has 0 saturated heterocycles. The van der Waals surface area contributed by atoms with E-state index in [4.69, 9.17) is 4.74 Å². The van der Waals surface area contributed by atoms with Gasteiger partial charge < -0.3 is 14.5 Å². The molecule has 0 heterocycles. The third-order valence-corrected chi connectivity index (χ3v) is 6.94. The summed E-state index contributed by atoms with van der Waals surface area (Å²) in [5.74, 6) is 0.633. The lowest BCUT2D eigenvalue weighted by atomic mass is 9.69. The van der Waals surface area contributed by atoms with Gasteiger partial charge in [0.1, 0.15) is 0 Å². The van der Waals surface area contributed by atoms with Crippen molar-refractivity contribution in [2.24, 2.45) is 16.7 Å². The number of amides is 1. The van der Waals surface area contributed by atoms with E-state index in [1.807, 2.05) is 21.0 Å². The first-order chi connectivity index (χ1) is 11.0. The lowest BCUT2D eigenvalue weighted by molar-refractivity contribution is -0.882. The SMILES string of the molecule is CCOC(=O)C[N+](C)(C)CCC(=O)NC1CC2CCC1(C)C2(C)C. The molecule has 0 aromatic heterocycles. The zero-order chi connectivity index (χ0) is 18.2. The van der Waals surface area contributed by atoms with Gasteiger partial charge >= 0.3 is 5.97 Å². The Kier molecular flexibility index (Phi) is 5.34. The lowest BCUT2D eigenvalue weighted by Gasteiger charge is -2.39. The van der Waals surface area contributed by atoms with Crippen LogP contribution < -0.4 is 5.32 Å². The van der Waals surface area contributed by atoms with E-state index in [9.17, 15) is 9.59 Å². The van der Waals surface area contributed by atoms with Gasteiger partial charge in [0.25, 0.3) is 0 Å². The third-order valence-electron chi connectivity index (χ3n) is 6.94. The molecule has 2 rings (SSSR count). The molecule has 1 N–H and O–H groups in total. The molecule has 0 aromatic carbocycles. The number of likely N-dealkylation sites (N-methyl/N-ethyl adjacent to an activating group) is 1. The van der Waals surface area contributed by atoms with Crippen LogP contribution >= 0.6 is 0 Å². The zero-order valence-corrected chi connectivity index (χ0v) is 16.3. The number of ether oxygens (including phenoxy) is 1. The summed E-state index contributed by atoms with van der Waals surface area (Å²) < 4.78 is 5.48. The highest BCUT2D eigenvalue weighted by atomic mass is 16.5. The molecule has 0 aliphatic heterocycles. The van der Waals surface area contributed by atoms with Gasteiger partial charge in [0.05, 0.1) is 33.7 Å². The standard InChI is InChI=1S/C19H34N2O3/c1-7-24-17(23)13-21(5,6)11-9-16(22)20-15-12-14-8-10-19(15,4)18(14,2)3/h14-15H,7-13H2,1-6H3/p+1. The Morgan fingerprint density at radius 3 is 2.42 bits per heavy atom. The molecular weight excluding hydrogens is 304 g/mol. The minimum Gasteiger partial charge on any atom is -0.462 e. The van der Waals surface area contributed by atoms with Gasteiger partial charge in [-0.25, -0.2) is 4.79 Å². The Morgan fingerprint density at radius 1 is 1.25 bits per heavy atom. The van der Waals surface area contributed by atoms with Gasteiger partial charge in [0, 0.05) is 6.04 Å². The highest BCUT2D eigenvalue weighted by molar-refractivity contribution is 5.76. The second-order valence-corrected chi connectivity index (χ2v) is 9.10. The van der Waals surface area contributed by atoms with Crippen molar-refractivity contribution in [1.82, 2.24) is 5.32 Å². The highest BCUT2D eigenvalue weighted by Crippen LogP contribution is 2.65. The number of hydrogen-bond acceptors (Lipinski definition) is 3. The number of nitrogens with zero attached hydrogens (tertiary/aromatic N) is 1. The molecule has 0 aromatic rings. The van der Waals surface area contributed by atoms with Crippen molar-refractivity contribution in [2.75, 3.05) is 33.8 Å². The summed E-state index contributed by atoms with van der Waals surface area (Å²) in [7, 11) is 3.93. The van der Waals surface area contributed by atoms with Crippen molar-refractivity contribution in [3.05, 3.63) is 0 Å². The van der Waals surface area contributed by atoms with E-state index in [0.29, 0.717) is 42.1 Å². The monoisotopic (exact) mass is 339 g/mol. The Labute approximate surface area is 146 Å². The molecule has 24 heavy (non-hydrogen) atoms. The van der Waals surface area contributed by atoms with Crippen LogP contribution in [0.5, 0.6) is 0 Å². The number of quaternary nitrogens is 1. The summed E-state index contributed by atoms with van der Waals surface area (Å²) >= 11 is 0. The molecular formula is C19H35N2O3+. The summed E-state index contributed by atoms with van der Waals surface area (Å²) in [5, 5.41) is 3.29. The summed E-state index contributed by atoms with van der Waals surface area (Å²) in [6, 6.07) is 0.291. The molecule has 138 valence electrons. The minimum absolute atomic E-state index is 0.111. The highest BCUT2D eigenvalue weighted by Gasteiger charge is 2.61. The van der Waals surface area contributed by atoms with Crippen molar-refractivity contribution in [3.63, 3.8) is 0 Å². The van der Waals surface area contributed by atoms with Gasteiger partial charge in [0.2, 0.25) is 5.91 Å². The summed E-state index contributed by atoms with van der Waals surface area (Å²) in [6.45, 7) is 10.2. The molecule has 2 fully saturated rings. The molecule has 3 atom stereocenters. The van der Waals surface area contributed by atoms with Crippen molar-refractivity contribution in [3.8, 4) is 0 Å². The van der Waals surface area contributed by atoms with Crippen LogP contribution in [0.15, 0.2) is 0 Å². The molecule has 5 heteroatoms. The molecule has 2 bridgehead atoms. The summed E-state index contributed by atoms with van der Waals surface area (Å²) in [4.78, 5) is 24.1. The molecule has 0 spiro atoms. The van der Waals surface area contributed by atoms with Crippen LogP contribution in [0, 0.1) is 16.7 Å². The molecule has 0 radical (unpaired) electrons. The second-order valence-electron chi connectivity index (χ2n) is 9.10. The van der Waals surface area contributed by atoms with E-state index in [1.54, 1.807) is 0 Å². The lowest BCUT2D eigenvalue weighted by Crippen LogP contribution is -2.49. The van der Waals surface area contributed by atoms with Crippen LogP contribution in [0.1, 0.15) is 53.4 Å². The summed E-state index contributed by atoms with van der Waals surface area (Å²) in [5.41, 5.74) is 0.521. The van der Waals surface area contributed by atoms with Gasteiger partial charge in [-0.2, -0.15) is 0 Å². The van der Waals surface area contributed by atoms with Crippen LogP contribution in [0.2, 0.25) is 0 Å². The average molecular weight is 340 g/mol. The first-order valence-corrected chi connectivity index (χ1v) is 9.29. The maximum atomic E-state index is 12.4. The van der Waals surface area contributed by atoms with Gasteiger partial charge in [-0.3, -0.25) is 4.79 Å². The van der Waals surface area contributed by atoms with Crippen LogP contribution in [0.3, 0.4) is 0 Å². The fourth-order valence-electron chi connectivity index (χ4n) is 4.73. The Balaban J connectivity index is 1.83. The summed E-state index contributed by atoms with van der Waals surface area (Å²) in [6.07, 6.45) is 4.06. The van der Waals surface area contributed by atoms with Crippen molar-refractivity contribution in [1.29, 1.82) is 0 Å². The number of fused-ring (bicyclic) bond motifs is 2. The normalized spacial score (nSPS) is 31.1. The van der Waals surface area contributed by atoms with E-state index in [2.05, 4.69) is 26.1 Å². The fraction of sp³-hybridized carbons (Fsp3) is 0.895. The maximum absolute atomic E-state index is 12.4. The van der Waals surface area contributed by atoms with Crippen molar-refractivity contribution >= 4 is 11.9 Å². The Bertz CT molecular complexity index is 501. The number of rotatable bonds is 7. The van der Waals surface area contributed by atoms with E-state index in [1.165, 1.54) is 12.8 Å². The number of carbonyl (C=O) groups excluding carboxylic acids is 2. The second kappa shape index (κ2) is 6.66. The largest absolute Gasteiger partial charge is 0.462 e. The minimum atomic E-state index is -0.203. The smallest absolute Gasteiger partial charge is 0.361 e. The van der Waals surface area contributed by atoms with Gasteiger partial charge in [-0.05, 0) is 42.9 Å². The maximum Gasteiger partial charge on any atom is 0.361 e. The van der Waals surface area contributed by atoms with Gasteiger partial charge in [-0.1, -0.05) is 20.8 Å².